The van der Waals surface area contributed by atoms with Gasteiger partial charge in [-0.15, -0.1) is 0 Å². The highest BCUT2D eigenvalue weighted by molar-refractivity contribution is 4.68. The number of rotatable bonds is 0. The van der Waals surface area contributed by atoms with E-state index in [1.54, 1.807) is 0 Å². The summed E-state index contributed by atoms with van der Waals surface area (Å²) in [6, 6.07) is 0. The summed E-state index contributed by atoms with van der Waals surface area (Å²) in [4.78, 5) is 0. The van der Waals surface area contributed by atoms with Crippen LogP contribution >= 0.6 is 0 Å². The Morgan fingerprint density at radius 2 is 1.50 bits per heavy atom. The average Bonchev–Trinajstić information content (AvgIpc) is 1.35. The van der Waals surface area contributed by atoms with Crippen molar-refractivity contribution in [1.29, 1.82) is 0 Å². The second kappa shape index (κ2) is 1.58. The molecule has 6 heavy (non-hydrogen) atoms. The van der Waals surface area contributed by atoms with E-state index in [1.807, 2.05) is 26.3 Å². The maximum Gasteiger partial charge on any atom is -0.00205 e. The van der Waals surface area contributed by atoms with E-state index < -0.39 is 0 Å². The van der Waals surface area contributed by atoms with Crippen LogP contribution in [-0.2, 0) is 0 Å². The highest BCUT2D eigenvalue weighted by Gasteiger charge is 1.98. The van der Waals surface area contributed by atoms with Gasteiger partial charge in [-0.2, -0.15) is 0 Å². The number of hydrogen-bond donors (Lipinski definition) is 1. The first-order chi connectivity index (χ1) is 2.56. The molecule has 0 saturated heterocycles. The lowest BCUT2D eigenvalue weighted by atomic mass is 10.1. The van der Waals surface area contributed by atoms with E-state index in [2.05, 4.69) is 0 Å². The predicted octanol–water partition coefficient (Wildman–Crippen LogP) is 0.872. The van der Waals surface area contributed by atoms with Crippen molar-refractivity contribution in [2.45, 2.75) is 26.3 Å². The third kappa shape index (κ3) is 3.92. The Balaban J connectivity index is 3.17. The van der Waals surface area contributed by atoms with Gasteiger partial charge in [-0.3, -0.25) is 0 Å². The van der Waals surface area contributed by atoms with Crippen LogP contribution < -0.4 is 5.48 Å². The first-order valence-electron chi connectivity index (χ1n) is 1.95. The summed E-state index contributed by atoms with van der Waals surface area (Å²) in [7, 11) is 0. The van der Waals surface area contributed by atoms with Gasteiger partial charge in [0.15, 0.2) is 0 Å². The number of nitrogens with one attached hydrogen (secondary N) is 1. The quantitative estimate of drug-likeness (QED) is 0.446. The molecule has 0 bridgehead atoms. The van der Waals surface area contributed by atoms with E-state index >= 15 is 0 Å². The van der Waals surface area contributed by atoms with E-state index in [9.17, 15) is 5.21 Å². The lowest BCUT2D eigenvalue weighted by molar-refractivity contribution is 0.492. The van der Waals surface area contributed by atoms with Gasteiger partial charge >= 0.3 is 0 Å². The zero-order valence-electron chi connectivity index (χ0n) is 4.41. The predicted molar refractivity (Wildman–Crippen MR) is 26.3 cm³/mol. The fourth-order valence-corrected chi connectivity index (χ4v) is 0. The molecular weight excluding hydrogens is 78.0 g/mol. The Labute approximate surface area is 38.1 Å². The van der Waals surface area contributed by atoms with E-state index in [1.165, 1.54) is 0 Å². The molecule has 0 aromatic rings. The van der Waals surface area contributed by atoms with Crippen molar-refractivity contribution in [1.82, 2.24) is 5.48 Å². The van der Waals surface area contributed by atoms with Gasteiger partial charge in [0.25, 0.3) is 0 Å². The number of hydrogen-bond acceptors (Lipinski definition) is 2. The fourth-order valence-electron chi connectivity index (χ4n) is 0. The lowest BCUT2D eigenvalue weighted by Gasteiger charge is -2.24. The topological polar surface area (TPSA) is 35.1 Å². The van der Waals surface area contributed by atoms with Crippen molar-refractivity contribution in [2.75, 3.05) is 0 Å². The summed E-state index contributed by atoms with van der Waals surface area (Å²) in [5.41, 5.74) is 1.59. The van der Waals surface area contributed by atoms with Crippen molar-refractivity contribution >= 4 is 0 Å². The van der Waals surface area contributed by atoms with Crippen LogP contribution in [-0.4, -0.2) is 5.54 Å². The summed E-state index contributed by atoms with van der Waals surface area (Å²) >= 11 is 0. The minimum atomic E-state index is -0.264. The van der Waals surface area contributed by atoms with Gasteiger partial charge in [0.05, 0.1) is 0 Å². The summed E-state index contributed by atoms with van der Waals surface area (Å²) < 4.78 is 0. The molecule has 0 heterocycles. The SMILES string of the molecule is CC(C)(C)N[O-]. The monoisotopic (exact) mass is 88.1 g/mol. The minimum Gasteiger partial charge on any atom is -0.787 e. The standard InChI is InChI=1S/C4H10NO/c1-4(2,3)5-6/h5H,1-3H3/q-1. The summed E-state index contributed by atoms with van der Waals surface area (Å²) in [6.07, 6.45) is 0. The Morgan fingerprint density at radius 1 is 1.33 bits per heavy atom. The van der Waals surface area contributed by atoms with E-state index in [0.717, 1.165) is 0 Å². The molecule has 0 amide bonds. The molecule has 0 radical (unpaired) electrons. The van der Waals surface area contributed by atoms with E-state index in [4.69, 9.17) is 0 Å². The molecule has 0 aliphatic carbocycles. The van der Waals surface area contributed by atoms with Gasteiger partial charge in [-0.05, 0) is 26.3 Å². The smallest absolute Gasteiger partial charge is 0.00205 e. The maximum atomic E-state index is 9.70. The fraction of sp³-hybridized carbons (Fsp3) is 1.00. The van der Waals surface area contributed by atoms with Gasteiger partial charge in [0, 0.05) is 0 Å². The van der Waals surface area contributed by atoms with Crippen molar-refractivity contribution < 1.29 is 0 Å². The Kier molecular flexibility index (Phi) is 1.56. The molecule has 1 N–H and O–H groups in total. The summed E-state index contributed by atoms with van der Waals surface area (Å²) in [6.45, 7) is 5.46. The van der Waals surface area contributed by atoms with E-state index in [-0.39, 0.29) is 5.54 Å². The Hall–Kier alpha value is -0.0800. The maximum absolute atomic E-state index is 9.70. The number of hydroxylamine groups is 1. The molecular formula is C4H10NO-. The van der Waals surface area contributed by atoms with Crippen molar-refractivity contribution in [3.05, 3.63) is 5.21 Å². The normalized spacial score (nSPS) is 12.0. The molecule has 2 nitrogen and oxygen atoms in total. The van der Waals surface area contributed by atoms with Crippen molar-refractivity contribution in [2.24, 2.45) is 0 Å². The van der Waals surface area contributed by atoms with Crippen LogP contribution in [0.5, 0.6) is 0 Å². The third-order valence-electron chi connectivity index (χ3n) is 0.306. The molecule has 0 saturated carbocycles. The molecule has 38 valence electrons. The highest BCUT2D eigenvalue weighted by Crippen LogP contribution is 1.94. The summed E-state index contributed by atoms with van der Waals surface area (Å²) in [5.74, 6) is 0. The van der Waals surface area contributed by atoms with Crippen LogP contribution in [0, 0.1) is 5.21 Å². The van der Waals surface area contributed by atoms with Gasteiger partial charge in [0.1, 0.15) is 0 Å². The van der Waals surface area contributed by atoms with Crippen LogP contribution in [0.1, 0.15) is 20.8 Å². The molecule has 0 spiro atoms. The second-order valence-electron chi connectivity index (χ2n) is 2.35. The molecule has 0 aliphatic rings. The van der Waals surface area contributed by atoms with Crippen LogP contribution in [0.4, 0.5) is 0 Å². The molecule has 0 atom stereocenters. The third-order valence-corrected chi connectivity index (χ3v) is 0.306. The van der Waals surface area contributed by atoms with Crippen molar-refractivity contribution in [3.63, 3.8) is 0 Å². The molecule has 0 aromatic carbocycles. The zero-order chi connectivity index (χ0) is 5.21. The lowest BCUT2D eigenvalue weighted by Crippen LogP contribution is -2.30. The molecule has 2 heteroatoms. The van der Waals surface area contributed by atoms with Gasteiger partial charge in [-0.1, -0.05) is 0 Å². The Bertz CT molecular complexity index is 37.3. The van der Waals surface area contributed by atoms with Gasteiger partial charge in [0.2, 0.25) is 0 Å². The van der Waals surface area contributed by atoms with Crippen LogP contribution in [0.3, 0.4) is 0 Å². The van der Waals surface area contributed by atoms with Crippen LogP contribution in [0.2, 0.25) is 0 Å². The molecule has 0 aliphatic heterocycles. The van der Waals surface area contributed by atoms with Gasteiger partial charge in [-0.25, -0.2) is 0 Å². The van der Waals surface area contributed by atoms with Gasteiger partial charge < -0.3 is 10.7 Å². The summed E-state index contributed by atoms with van der Waals surface area (Å²) in [5, 5.41) is 9.70. The molecule has 0 fully saturated rings. The average molecular weight is 88.1 g/mol. The largest absolute Gasteiger partial charge is 0.787 e. The van der Waals surface area contributed by atoms with Crippen LogP contribution in [0.15, 0.2) is 0 Å². The first-order valence-corrected chi connectivity index (χ1v) is 1.95. The van der Waals surface area contributed by atoms with Crippen LogP contribution in [0.25, 0.3) is 0 Å². The molecule has 0 rings (SSSR count). The highest BCUT2D eigenvalue weighted by atomic mass is 16.5. The zero-order valence-corrected chi connectivity index (χ0v) is 4.41. The second-order valence-corrected chi connectivity index (χ2v) is 2.35. The first kappa shape index (κ1) is 5.92. The van der Waals surface area contributed by atoms with E-state index in [0.29, 0.717) is 0 Å². The van der Waals surface area contributed by atoms with Crippen molar-refractivity contribution in [3.8, 4) is 0 Å². The Morgan fingerprint density at radius 3 is 1.50 bits per heavy atom. The minimum absolute atomic E-state index is 0.264. The molecule has 0 aromatic heterocycles. The molecule has 0 unspecified atom stereocenters.